The molecular formula is C24H23F3N2O2. The van der Waals surface area contributed by atoms with Gasteiger partial charge in [0.15, 0.2) is 0 Å². The number of nitrogens with two attached hydrogens (primary N) is 1. The van der Waals surface area contributed by atoms with Crippen molar-refractivity contribution in [2.45, 2.75) is 19.0 Å². The number of carbonyl (C=O) groups excluding carboxylic acids is 1. The summed E-state index contributed by atoms with van der Waals surface area (Å²) in [4.78, 5) is 14.8. The van der Waals surface area contributed by atoms with Gasteiger partial charge >= 0.3 is 6.18 Å². The molecule has 0 aromatic heterocycles. The van der Waals surface area contributed by atoms with E-state index in [0.717, 1.165) is 35.7 Å². The van der Waals surface area contributed by atoms with E-state index in [9.17, 15) is 18.0 Å². The zero-order valence-corrected chi connectivity index (χ0v) is 16.9. The molecule has 4 nitrogen and oxygen atoms in total. The molecule has 0 radical (unpaired) electrons. The molecule has 3 aromatic rings. The predicted octanol–water partition coefficient (Wildman–Crippen LogP) is 5.46. The Bertz CT molecular complexity index is 1070. The van der Waals surface area contributed by atoms with Gasteiger partial charge in [0.05, 0.1) is 5.56 Å². The fraction of sp³-hybridized carbons (Fsp3) is 0.292. The van der Waals surface area contributed by atoms with Gasteiger partial charge in [-0.05, 0) is 79.2 Å². The molecule has 0 aliphatic carbocycles. The van der Waals surface area contributed by atoms with Crippen molar-refractivity contribution in [2.75, 3.05) is 19.6 Å². The van der Waals surface area contributed by atoms with Crippen molar-refractivity contribution >= 4 is 16.7 Å². The highest BCUT2D eigenvalue weighted by atomic mass is 19.4. The Morgan fingerprint density at radius 3 is 2.39 bits per heavy atom. The Balaban J connectivity index is 1.54. The number of carbonyl (C=O) groups is 1. The summed E-state index contributed by atoms with van der Waals surface area (Å²) in [7, 11) is 0. The maximum absolute atomic E-state index is 12.9. The summed E-state index contributed by atoms with van der Waals surface area (Å²) in [5.41, 5.74) is 5.61. The number of benzene rings is 3. The second kappa shape index (κ2) is 8.59. The van der Waals surface area contributed by atoms with Gasteiger partial charge in [-0.25, -0.2) is 0 Å². The lowest BCUT2D eigenvalue weighted by Crippen LogP contribution is -2.40. The third-order valence-corrected chi connectivity index (χ3v) is 5.73. The fourth-order valence-corrected chi connectivity index (χ4v) is 3.87. The standard InChI is InChI=1S/C24H23F3N2O2/c25-24(26,27)19-5-7-20(8-6-19)31-22-3-1-2-17-14-18(4-9-21(17)22)23(30)29-12-10-16(15-28)11-13-29/h1-9,14,16H,10-13,15,28H2. The Morgan fingerprint density at radius 1 is 1.03 bits per heavy atom. The number of halogens is 3. The van der Waals surface area contributed by atoms with Crippen molar-refractivity contribution in [1.82, 2.24) is 4.90 Å². The molecule has 1 aliphatic rings. The van der Waals surface area contributed by atoms with Crippen LogP contribution in [-0.4, -0.2) is 30.4 Å². The van der Waals surface area contributed by atoms with Crippen LogP contribution in [0.1, 0.15) is 28.8 Å². The quantitative estimate of drug-likeness (QED) is 0.600. The number of rotatable bonds is 4. The molecule has 0 unspecified atom stereocenters. The SMILES string of the molecule is NCC1CCN(C(=O)c2ccc3c(Oc4ccc(C(F)(F)F)cc4)cccc3c2)CC1. The molecule has 2 N–H and O–H groups in total. The van der Waals surface area contributed by atoms with Crippen LogP contribution in [0, 0.1) is 5.92 Å². The first-order valence-corrected chi connectivity index (χ1v) is 10.2. The summed E-state index contributed by atoms with van der Waals surface area (Å²) in [5, 5.41) is 1.60. The van der Waals surface area contributed by atoms with Gasteiger partial charge in [-0.1, -0.05) is 12.1 Å². The zero-order valence-electron chi connectivity index (χ0n) is 16.9. The molecule has 0 bridgehead atoms. The van der Waals surface area contributed by atoms with E-state index in [1.807, 2.05) is 23.1 Å². The number of fused-ring (bicyclic) bond motifs is 1. The molecule has 4 rings (SSSR count). The van der Waals surface area contributed by atoms with Crippen LogP contribution >= 0.6 is 0 Å². The maximum atomic E-state index is 12.9. The monoisotopic (exact) mass is 428 g/mol. The summed E-state index contributed by atoms with van der Waals surface area (Å²) in [6.07, 6.45) is -2.55. The highest BCUT2D eigenvalue weighted by molar-refractivity contribution is 6.00. The van der Waals surface area contributed by atoms with Crippen molar-refractivity contribution in [2.24, 2.45) is 11.7 Å². The maximum Gasteiger partial charge on any atom is 0.416 e. The van der Waals surface area contributed by atoms with Crippen molar-refractivity contribution in [3.8, 4) is 11.5 Å². The van der Waals surface area contributed by atoms with Crippen LogP contribution in [0.5, 0.6) is 11.5 Å². The van der Waals surface area contributed by atoms with Crippen LogP contribution in [-0.2, 0) is 6.18 Å². The Kier molecular flexibility index (Phi) is 5.87. The van der Waals surface area contributed by atoms with Gasteiger partial charge in [0.1, 0.15) is 11.5 Å². The Labute approximate surface area is 178 Å². The smallest absolute Gasteiger partial charge is 0.416 e. The average Bonchev–Trinajstić information content (AvgIpc) is 2.78. The van der Waals surface area contributed by atoms with E-state index in [2.05, 4.69) is 0 Å². The van der Waals surface area contributed by atoms with E-state index in [-0.39, 0.29) is 5.91 Å². The van der Waals surface area contributed by atoms with Crippen LogP contribution < -0.4 is 10.5 Å². The third kappa shape index (κ3) is 4.66. The molecule has 1 aliphatic heterocycles. The zero-order chi connectivity index (χ0) is 22.0. The van der Waals surface area contributed by atoms with Crippen LogP contribution in [0.3, 0.4) is 0 Å². The van der Waals surface area contributed by atoms with Crippen LogP contribution in [0.15, 0.2) is 60.7 Å². The lowest BCUT2D eigenvalue weighted by molar-refractivity contribution is -0.137. The van der Waals surface area contributed by atoms with E-state index >= 15 is 0 Å². The number of hydrogen-bond acceptors (Lipinski definition) is 3. The van der Waals surface area contributed by atoms with E-state index in [4.69, 9.17) is 10.5 Å². The topological polar surface area (TPSA) is 55.6 Å². The van der Waals surface area contributed by atoms with Gasteiger partial charge in [0.25, 0.3) is 5.91 Å². The minimum absolute atomic E-state index is 0.00793. The minimum Gasteiger partial charge on any atom is -0.457 e. The van der Waals surface area contributed by atoms with Gasteiger partial charge in [-0.15, -0.1) is 0 Å². The lowest BCUT2D eigenvalue weighted by atomic mass is 9.96. The van der Waals surface area contributed by atoms with Crippen molar-refractivity contribution in [3.63, 3.8) is 0 Å². The highest BCUT2D eigenvalue weighted by Gasteiger charge is 2.30. The minimum atomic E-state index is -4.39. The second-order valence-corrected chi connectivity index (χ2v) is 7.79. The van der Waals surface area contributed by atoms with Gasteiger partial charge < -0.3 is 15.4 Å². The van der Waals surface area contributed by atoms with Gasteiger partial charge in [-0.3, -0.25) is 4.79 Å². The van der Waals surface area contributed by atoms with Gasteiger partial charge in [0.2, 0.25) is 0 Å². The number of ether oxygens (including phenoxy) is 1. The molecular weight excluding hydrogens is 405 g/mol. The fourth-order valence-electron chi connectivity index (χ4n) is 3.87. The number of hydrogen-bond donors (Lipinski definition) is 1. The molecule has 0 atom stereocenters. The molecule has 1 amide bonds. The van der Waals surface area contributed by atoms with Crippen molar-refractivity contribution in [1.29, 1.82) is 0 Å². The van der Waals surface area contributed by atoms with E-state index in [0.29, 0.717) is 42.6 Å². The second-order valence-electron chi connectivity index (χ2n) is 7.79. The number of amides is 1. The molecule has 7 heteroatoms. The first kappa shape index (κ1) is 21.2. The first-order chi connectivity index (χ1) is 14.8. The summed E-state index contributed by atoms with van der Waals surface area (Å²) < 4.78 is 44.1. The lowest BCUT2D eigenvalue weighted by Gasteiger charge is -2.31. The largest absolute Gasteiger partial charge is 0.457 e. The third-order valence-electron chi connectivity index (χ3n) is 5.73. The predicted molar refractivity (Wildman–Crippen MR) is 113 cm³/mol. The highest BCUT2D eigenvalue weighted by Crippen LogP contribution is 2.34. The summed E-state index contributed by atoms with van der Waals surface area (Å²) in [6.45, 7) is 2.06. The Morgan fingerprint density at radius 2 is 1.74 bits per heavy atom. The van der Waals surface area contributed by atoms with Crippen molar-refractivity contribution in [3.05, 3.63) is 71.8 Å². The molecule has 3 aromatic carbocycles. The summed E-state index contributed by atoms with van der Waals surface area (Å²) in [5.74, 6) is 1.29. The average molecular weight is 428 g/mol. The van der Waals surface area contributed by atoms with Crippen molar-refractivity contribution < 1.29 is 22.7 Å². The van der Waals surface area contributed by atoms with E-state index < -0.39 is 11.7 Å². The first-order valence-electron chi connectivity index (χ1n) is 10.2. The van der Waals surface area contributed by atoms with Crippen LogP contribution in [0.25, 0.3) is 10.8 Å². The number of nitrogens with zero attached hydrogens (tertiary/aromatic N) is 1. The normalized spacial score (nSPS) is 15.3. The van der Waals surface area contributed by atoms with E-state index in [1.54, 1.807) is 18.2 Å². The summed E-state index contributed by atoms with van der Waals surface area (Å²) in [6, 6.07) is 15.4. The van der Waals surface area contributed by atoms with Gasteiger partial charge in [0, 0.05) is 24.0 Å². The number of likely N-dealkylation sites (tertiary alicyclic amines) is 1. The molecule has 31 heavy (non-hydrogen) atoms. The Hall–Kier alpha value is -3.06. The number of piperidine rings is 1. The molecule has 0 spiro atoms. The molecule has 1 heterocycles. The molecule has 1 saturated heterocycles. The van der Waals surface area contributed by atoms with Crippen LogP contribution in [0.4, 0.5) is 13.2 Å². The summed E-state index contributed by atoms with van der Waals surface area (Å²) >= 11 is 0. The molecule has 162 valence electrons. The number of alkyl halides is 3. The van der Waals surface area contributed by atoms with Gasteiger partial charge in [-0.2, -0.15) is 13.2 Å². The molecule has 1 fully saturated rings. The molecule has 0 saturated carbocycles. The van der Waals surface area contributed by atoms with E-state index in [1.165, 1.54) is 12.1 Å². The van der Waals surface area contributed by atoms with Crippen LogP contribution in [0.2, 0.25) is 0 Å².